The molecule has 0 heterocycles. The van der Waals surface area contributed by atoms with E-state index in [2.05, 4.69) is 6.07 Å². The van der Waals surface area contributed by atoms with Gasteiger partial charge in [-0.1, -0.05) is 12.1 Å². The van der Waals surface area contributed by atoms with Gasteiger partial charge in [-0.15, -0.1) is 0 Å². The highest BCUT2D eigenvalue weighted by molar-refractivity contribution is 5.32. The van der Waals surface area contributed by atoms with Gasteiger partial charge in [-0.05, 0) is 38.0 Å². The van der Waals surface area contributed by atoms with Gasteiger partial charge in [0.25, 0.3) is 0 Å². The summed E-state index contributed by atoms with van der Waals surface area (Å²) in [7, 11) is 0. The number of hydrogen-bond acceptors (Lipinski definition) is 2. The van der Waals surface area contributed by atoms with E-state index in [-0.39, 0.29) is 5.54 Å². The minimum absolute atomic E-state index is 0.186. The number of nitrogens with zero attached hydrogens (tertiary/aromatic N) is 1. The first kappa shape index (κ1) is 9.76. The third-order valence-electron chi connectivity index (χ3n) is 1.74. The predicted molar refractivity (Wildman–Crippen MR) is 53.1 cm³/mol. The Morgan fingerprint density at radius 2 is 1.85 bits per heavy atom. The summed E-state index contributed by atoms with van der Waals surface area (Å²) in [5.74, 6) is 0. The van der Waals surface area contributed by atoms with Crippen LogP contribution in [0.15, 0.2) is 24.3 Å². The van der Waals surface area contributed by atoms with Crippen LogP contribution in [-0.4, -0.2) is 5.54 Å². The molecular formula is C11H14N2. The summed E-state index contributed by atoms with van der Waals surface area (Å²) >= 11 is 0. The molecule has 1 aromatic rings. The van der Waals surface area contributed by atoms with Gasteiger partial charge in [0.15, 0.2) is 0 Å². The van der Waals surface area contributed by atoms with E-state index in [1.165, 1.54) is 5.56 Å². The first-order valence-corrected chi connectivity index (χ1v) is 4.29. The third-order valence-corrected chi connectivity index (χ3v) is 1.74. The lowest BCUT2D eigenvalue weighted by molar-refractivity contribution is 0.517. The molecule has 2 nitrogen and oxygen atoms in total. The van der Waals surface area contributed by atoms with Crippen LogP contribution in [0.3, 0.4) is 0 Å². The number of benzene rings is 1. The lowest BCUT2D eigenvalue weighted by Gasteiger charge is -2.18. The van der Waals surface area contributed by atoms with Crippen LogP contribution in [0.2, 0.25) is 0 Å². The summed E-state index contributed by atoms with van der Waals surface area (Å²) in [5, 5.41) is 8.59. The zero-order valence-corrected chi connectivity index (χ0v) is 8.04. The fourth-order valence-electron chi connectivity index (χ4n) is 1.22. The molecule has 0 atom stereocenters. The lowest BCUT2D eigenvalue weighted by atomic mass is 9.96. The predicted octanol–water partition coefficient (Wildman–Crippen LogP) is 1.84. The molecule has 2 heteroatoms. The monoisotopic (exact) mass is 174 g/mol. The van der Waals surface area contributed by atoms with Gasteiger partial charge in [0.2, 0.25) is 0 Å². The van der Waals surface area contributed by atoms with Crippen molar-refractivity contribution >= 4 is 0 Å². The fraction of sp³-hybridized carbons (Fsp3) is 0.364. The molecule has 0 radical (unpaired) electrons. The molecule has 0 saturated heterocycles. The molecule has 1 aromatic carbocycles. The Balaban J connectivity index is 2.77. The summed E-state index contributed by atoms with van der Waals surface area (Å²) < 4.78 is 0. The quantitative estimate of drug-likeness (QED) is 0.743. The molecule has 1 rings (SSSR count). The number of rotatable bonds is 2. The highest BCUT2D eigenvalue weighted by atomic mass is 14.7. The van der Waals surface area contributed by atoms with Crippen molar-refractivity contribution in [3.63, 3.8) is 0 Å². The maximum Gasteiger partial charge on any atom is 0.0991 e. The van der Waals surface area contributed by atoms with Gasteiger partial charge >= 0.3 is 0 Å². The molecule has 0 spiro atoms. The average molecular weight is 174 g/mol. The van der Waals surface area contributed by atoms with E-state index >= 15 is 0 Å². The van der Waals surface area contributed by atoms with Crippen LogP contribution in [-0.2, 0) is 6.42 Å². The van der Waals surface area contributed by atoms with Crippen LogP contribution in [0.4, 0.5) is 0 Å². The molecule has 0 bridgehead atoms. The summed E-state index contributed by atoms with van der Waals surface area (Å²) in [6.45, 7) is 3.98. The van der Waals surface area contributed by atoms with Crippen molar-refractivity contribution in [2.75, 3.05) is 0 Å². The summed E-state index contributed by atoms with van der Waals surface area (Å²) in [6, 6.07) is 9.63. The topological polar surface area (TPSA) is 49.8 Å². The van der Waals surface area contributed by atoms with Gasteiger partial charge in [-0.2, -0.15) is 5.26 Å². The largest absolute Gasteiger partial charge is 0.325 e. The van der Waals surface area contributed by atoms with Crippen molar-refractivity contribution < 1.29 is 0 Å². The maximum atomic E-state index is 8.59. The minimum Gasteiger partial charge on any atom is -0.325 e. The molecule has 0 saturated carbocycles. The zero-order chi connectivity index (χ0) is 9.90. The average Bonchev–Trinajstić information content (AvgIpc) is 2.03. The van der Waals surface area contributed by atoms with Crippen LogP contribution >= 0.6 is 0 Å². The number of nitrogens with two attached hydrogens (primary N) is 1. The van der Waals surface area contributed by atoms with E-state index in [1.807, 2.05) is 38.1 Å². The van der Waals surface area contributed by atoms with Crippen molar-refractivity contribution in [1.29, 1.82) is 5.26 Å². The Bertz CT molecular complexity index is 311. The van der Waals surface area contributed by atoms with Gasteiger partial charge < -0.3 is 5.73 Å². The normalized spacial score (nSPS) is 10.9. The first-order chi connectivity index (χ1) is 6.01. The van der Waals surface area contributed by atoms with Gasteiger partial charge in [0, 0.05) is 5.54 Å². The second-order valence-electron chi connectivity index (χ2n) is 3.97. The molecule has 0 aliphatic heterocycles. The van der Waals surface area contributed by atoms with E-state index < -0.39 is 0 Å². The van der Waals surface area contributed by atoms with Crippen LogP contribution < -0.4 is 5.73 Å². The van der Waals surface area contributed by atoms with Crippen molar-refractivity contribution in [3.8, 4) is 6.07 Å². The van der Waals surface area contributed by atoms with Crippen LogP contribution in [0.1, 0.15) is 25.0 Å². The molecular weight excluding hydrogens is 160 g/mol. The van der Waals surface area contributed by atoms with Gasteiger partial charge in [-0.25, -0.2) is 0 Å². The molecule has 0 aliphatic rings. The maximum absolute atomic E-state index is 8.59. The zero-order valence-electron chi connectivity index (χ0n) is 8.04. The number of nitriles is 1. The lowest BCUT2D eigenvalue weighted by Crippen LogP contribution is -2.34. The highest BCUT2D eigenvalue weighted by Gasteiger charge is 2.10. The molecule has 0 unspecified atom stereocenters. The standard InChI is InChI=1S/C11H14N2/c1-11(2,13)7-9-3-5-10(8-12)6-4-9/h3-6H,7,13H2,1-2H3. The van der Waals surface area contributed by atoms with Crippen molar-refractivity contribution in [3.05, 3.63) is 35.4 Å². The second kappa shape index (κ2) is 3.59. The Labute approximate surface area is 79.0 Å². The molecule has 68 valence electrons. The van der Waals surface area contributed by atoms with Crippen LogP contribution in [0, 0.1) is 11.3 Å². The van der Waals surface area contributed by atoms with Crippen LogP contribution in [0.5, 0.6) is 0 Å². The highest BCUT2D eigenvalue weighted by Crippen LogP contribution is 2.10. The van der Waals surface area contributed by atoms with Crippen molar-refractivity contribution in [1.82, 2.24) is 0 Å². The van der Waals surface area contributed by atoms with E-state index in [9.17, 15) is 0 Å². The Morgan fingerprint density at radius 1 is 1.31 bits per heavy atom. The summed E-state index contributed by atoms with van der Waals surface area (Å²) in [5.41, 5.74) is 7.55. The van der Waals surface area contributed by atoms with E-state index in [1.54, 1.807) is 0 Å². The van der Waals surface area contributed by atoms with Gasteiger partial charge in [-0.3, -0.25) is 0 Å². The number of hydrogen-bond donors (Lipinski definition) is 1. The van der Waals surface area contributed by atoms with E-state index in [0.717, 1.165) is 6.42 Å². The molecule has 0 aliphatic carbocycles. The van der Waals surface area contributed by atoms with E-state index in [0.29, 0.717) is 5.56 Å². The second-order valence-corrected chi connectivity index (χ2v) is 3.97. The Hall–Kier alpha value is -1.33. The molecule has 0 amide bonds. The smallest absolute Gasteiger partial charge is 0.0991 e. The Morgan fingerprint density at radius 3 is 2.23 bits per heavy atom. The van der Waals surface area contributed by atoms with Gasteiger partial charge in [0.1, 0.15) is 0 Å². The molecule has 0 fully saturated rings. The third kappa shape index (κ3) is 3.27. The Kier molecular flexibility index (Phi) is 2.69. The fourth-order valence-corrected chi connectivity index (χ4v) is 1.22. The molecule has 2 N–H and O–H groups in total. The molecule has 0 aromatic heterocycles. The SMILES string of the molecule is CC(C)(N)Cc1ccc(C#N)cc1. The summed E-state index contributed by atoms with van der Waals surface area (Å²) in [6.07, 6.45) is 0.832. The first-order valence-electron chi connectivity index (χ1n) is 4.29. The molecule has 13 heavy (non-hydrogen) atoms. The van der Waals surface area contributed by atoms with Crippen LogP contribution in [0.25, 0.3) is 0 Å². The van der Waals surface area contributed by atoms with Crippen molar-refractivity contribution in [2.24, 2.45) is 5.73 Å². The minimum atomic E-state index is -0.186. The van der Waals surface area contributed by atoms with Crippen molar-refractivity contribution in [2.45, 2.75) is 25.8 Å². The summed E-state index contributed by atoms with van der Waals surface area (Å²) in [4.78, 5) is 0. The van der Waals surface area contributed by atoms with Gasteiger partial charge in [0.05, 0.1) is 11.6 Å². The van der Waals surface area contributed by atoms with E-state index in [4.69, 9.17) is 11.0 Å².